The number of furan rings is 2. The van der Waals surface area contributed by atoms with E-state index in [1.807, 2.05) is 18.2 Å². The Balaban J connectivity index is 1.48. The number of nitrogens with zero attached hydrogens (tertiary/aromatic N) is 2. The van der Waals surface area contributed by atoms with Gasteiger partial charge in [-0.1, -0.05) is 98.7 Å². The highest BCUT2D eigenvalue weighted by Crippen LogP contribution is 2.44. The van der Waals surface area contributed by atoms with Gasteiger partial charge < -0.3 is 8.83 Å². The first kappa shape index (κ1) is 27.7. The highest BCUT2D eigenvalue weighted by atomic mass is 16.4. The van der Waals surface area contributed by atoms with Crippen molar-refractivity contribution in [3.05, 3.63) is 106 Å². The Morgan fingerprint density at radius 2 is 1.36 bits per heavy atom. The molecule has 240 valence electrons. The van der Waals surface area contributed by atoms with E-state index in [4.69, 9.17) is 12.9 Å². The molecule has 7 aromatic rings. The van der Waals surface area contributed by atoms with E-state index in [9.17, 15) is 0 Å². The number of hydrogen-bond acceptors (Lipinski definition) is 4. The summed E-state index contributed by atoms with van der Waals surface area (Å²) in [5, 5.41) is 3.22. The van der Waals surface area contributed by atoms with E-state index in [1.54, 1.807) is 18.5 Å². The SMILES string of the molecule is [2H]C([2H])([2H])c1ccc(-c2cc(C(C)(C)C)ncn2)c2oc3c(ccc4c5cccc(Cc6c(C(C)C)cc(C(C)C)cc6C(C)C)c5oc43)c12. The molecule has 0 saturated carbocycles. The lowest BCUT2D eigenvalue weighted by molar-refractivity contribution is 0.567. The minimum atomic E-state index is -2.35. The molecule has 0 bridgehead atoms. The van der Waals surface area contributed by atoms with Gasteiger partial charge in [0.2, 0.25) is 0 Å². The summed E-state index contributed by atoms with van der Waals surface area (Å²) in [5.41, 5.74) is 11.4. The molecule has 4 nitrogen and oxygen atoms in total. The fourth-order valence-corrected chi connectivity index (χ4v) is 7.01. The Kier molecular flexibility index (Phi) is 6.69. The summed E-state index contributed by atoms with van der Waals surface area (Å²) in [4.78, 5) is 9.12. The van der Waals surface area contributed by atoms with Crippen LogP contribution in [0.3, 0.4) is 0 Å². The van der Waals surface area contributed by atoms with E-state index in [0.29, 0.717) is 56.5 Å². The zero-order valence-electron chi connectivity index (χ0n) is 32.0. The average Bonchev–Trinajstić information content (AvgIpc) is 3.63. The van der Waals surface area contributed by atoms with E-state index in [2.05, 4.69) is 103 Å². The molecule has 0 aliphatic carbocycles. The molecule has 3 aromatic heterocycles. The lowest BCUT2D eigenvalue weighted by atomic mass is 9.82. The van der Waals surface area contributed by atoms with Gasteiger partial charge in [0.1, 0.15) is 17.5 Å². The Bertz CT molecular complexity index is 2390. The first-order valence-corrected chi connectivity index (χ1v) is 16.9. The van der Waals surface area contributed by atoms with E-state index < -0.39 is 6.85 Å². The maximum Gasteiger partial charge on any atom is 0.178 e. The molecule has 0 unspecified atom stereocenters. The predicted octanol–water partition coefficient (Wildman–Crippen LogP) is 12.5. The predicted molar refractivity (Wildman–Crippen MR) is 197 cm³/mol. The second-order valence-corrected chi connectivity index (χ2v) is 15.0. The molecule has 0 fully saturated rings. The van der Waals surface area contributed by atoms with Crippen molar-refractivity contribution in [1.29, 1.82) is 0 Å². The molecule has 0 aliphatic rings. The second kappa shape index (κ2) is 11.4. The number of aromatic nitrogens is 2. The van der Waals surface area contributed by atoms with Crippen LogP contribution in [0.5, 0.6) is 0 Å². The number of rotatable bonds is 6. The topological polar surface area (TPSA) is 52.1 Å². The maximum absolute atomic E-state index is 8.42. The third-order valence-electron chi connectivity index (χ3n) is 9.66. The van der Waals surface area contributed by atoms with Crippen LogP contribution in [-0.4, -0.2) is 9.97 Å². The zero-order chi connectivity index (χ0) is 35.9. The zero-order valence-corrected chi connectivity index (χ0v) is 29.0. The summed E-state index contributed by atoms with van der Waals surface area (Å²) in [5.74, 6) is 1.20. The number of benzene rings is 4. The number of aryl methyl sites for hydroxylation is 1. The summed E-state index contributed by atoms with van der Waals surface area (Å²) in [6, 6.07) is 20.6. The van der Waals surface area contributed by atoms with Crippen LogP contribution < -0.4 is 0 Å². The molecule has 0 aliphatic heterocycles. The average molecular weight is 626 g/mol. The fourth-order valence-electron chi connectivity index (χ4n) is 7.01. The van der Waals surface area contributed by atoms with E-state index >= 15 is 0 Å². The normalized spacial score (nSPS) is 13.9. The molecule has 4 heteroatoms. The maximum atomic E-state index is 8.42. The van der Waals surface area contributed by atoms with Crippen LogP contribution in [0.15, 0.2) is 75.8 Å². The van der Waals surface area contributed by atoms with Crippen molar-refractivity contribution in [2.75, 3.05) is 0 Å². The van der Waals surface area contributed by atoms with Crippen molar-refractivity contribution >= 4 is 43.9 Å². The Morgan fingerprint density at radius 1 is 0.702 bits per heavy atom. The Morgan fingerprint density at radius 3 is 2.02 bits per heavy atom. The lowest BCUT2D eigenvalue weighted by Crippen LogP contribution is -2.13. The monoisotopic (exact) mass is 625 g/mol. The molecule has 3 heterocycles. The third kappa shape index (κ3) is 5.23. The number of hydrogen-bond donors (Lipinski definition) is 0. The molecule has 0 atom stereocenters. The fraction of sp³-hybridized carbons (Fsp3) is 0.349. The minimum absolute atomic E-state index is 0.191. The van der Waals surface area contributed by atoms with Crippen LogP contribution in [0.25, 0.3) is 55.1 Å². The van der Waals surface area contributed by atoms with E-state index in [1.165, 1.54) is 22.3 Å². The summed E-state index contributed by atoms with van der Waals surface area (Å²) >= 11 is 0. The summed E-state index contributed by atoms with van der Waals surface area (Å²) < 4.78 is 38.8. The molecular formula is C43H46N2O2. The van der Waals surface area contributed by atoms with Crippen molar-refractivity contribution < 1.29 is 12.9 Å². The van der Waals surface area contributed by atoms with Crippen LogP contribution in [0.2, 0.25) is 0 Å². The number of para-hydroxylation sites is 1. The first-order valence-electron chi connectivity index (χ1n) is 18.4. The van der Waals surface area contributed by atoms with Crippen LogP contribution in [0.4, 0.5) is 0 Å². The van der Waals surface area contributed by atoms with Gasteiger partial charge >= 0.3 is 0 Å². The van der Waals surface area contributed by atoms with Crippen LogP contribution >= 0.6 is 0 Å². The van der Waals surface area contributed by atoms with Crippen molar-refractivity contribution in [3.63, 3.8) is 0 Å². The van der Waals surface area contributed by atoms with E-state index in [0.717, 1.165) is 34.0 Å². The smallest absolute Gasteiger partial charge is 0.178 e. The van der Waals surface area contributed by atoms with Crippen molar-refractivity contribution in [1.82, 2.24) is 9.97 Å². The van der Waals surface area contributed by atoms with Crippen molar-refractivity contribution in [2.45, 2.75) is 98.8 Å². The van der Waals surface area contributed by atoms with Gasteiger partial charge in [-0.15, -0.1) is 0 Å². The van der Waals surface area contributed by atoms with E-state index in [-0.39, 0.29) is 11.0 Å². The molecule has 0 spiro atoms. The van der Waals surface area contributed by atoms with Crippen LogP contribution in [0.1, 0.15) is 123 Å². The standard InChI is InChI=1S/C43H46N2O2/c1-23(2)28-19-33(24(3)4)35(34(20-28)25(5)6)18-27-12-11-13-29-30-16-17-32-38-26(7)14-15-31(36-21-37(43(8,9)10)45-22-44-36)40(38)47-42(32)41(30)46-39(27)29/h11-17,19-25H,18H2,1-10H3/i7D3. The van der Waals surface area contributed by atoms with Gasteiger partial charge in [-0.2, -0.15) is 0 Å². The molecule has 0 saturated heterocycles. The van der Waals surface area contributed by atoms with Gasteiger partial charge in [-0.3, -0.25) is 0 Å². The van der Waals surface area contributed by atoms with Crippen LogP contribution in [0, 0.1) is 6.85 Å². The van der Waals surface area contributed by atoms with Gasteiger partial charge in [-0.25, -0.2) is 9.97 Å². The molecule has 0 N–H and O–H groups in total. The van der Waals surface area contributed by atoms with Gasteiger partial charge in [0, 0.05) is 48.8 Å². The molecular weight excluding hydrogens is 576 g/mol. The molecule has 0 amide bonds. The molecule has 47 heavy (non-hydrogen) atoms. The Labute approximate surface area is 282 Å². The van der Waals surface area contributed by atoms with Crippen molar-refractivity contribution in [3.8, 4) is 11.3 Å². The summed E-state index contributed by atoms with van der Waals surface area (Å²) in [6.45, 7) is 17.6. The highest BCUT2D eigenvalue weighted by molar-refractivity contribution is 6.21. The molecule has 4 aromatic carbocycles. The lowest BCUT2D eigenvalue weighted by Gasteiger charge is -2.23. The molecule has 7 rings (SSSR count). The quantitative estimate of drug-likeness (QED) is 0.184. The largest absolute Gasteiger partial charge is 0.452 e. The van der Waals surface area contributed by atoms with Gasteiger partial charge in [0.15, 0.2) is 11.2 Å². The second-order valence-electron chi connectivity index (χ2n) is 15.0. The first-order chi connectivity index (χ1) is 23.5. The van der Waals surface area contributed by atoms with Crippen molar-refractivity contribution in [2.24, 2.45) is 0 Å². The Hall–Kier alpha value is -4.44. The number of fused-ring (bicyclic) bond motifs is 7. The van der Waals surface area contributed by atoms with Gasteiger partial charge in [0.25, 0.3) is 0 Å². The summed E-state index contributed by atoms with van der Waals surface area (Å²) in [7, 11) is 0. The van der Waals surface area contributed by atoms with Crippen LogP contribution in [-0.2, 0) is 11.8 Å². The van der Waals surface area contributed by atoms with Gasteiger partial charge in [0.05, 0.1) is 5.69 Å². The molecule has 0 radical (unpaired) electrons. The highest BCUT2D eigenvalue weighted by Gasteiger charge is 2.24. The minimum Gasteiger partial charge on any atom is -0.452 e. The third-order valence-corrected chi connectivity index (χ3v) is 9.66. The summed E-state index contributed by atoms with van der Waals surface area (Å²) in [6.07, 6.45) is 2.31. The van der Waals surface area contributed by atoms with Gasteiger partial charge in [-0.05, 0) is 82.3 Å².